The molecule has 0 saturated heterocycles. The molecule has 0 aliphatic rings. The lowest BCUT2D eigenvalue weighted by Crippen LogP contribution is -1.94. The van der Waals surface area contributed by atoms with Gasteiger partial charge in [0.15, 0.2) is 0 Å². The van der Waals surface area contributed by atoms with Crippen LogP contribution in [0.4, 0.5) is 5.69 Å². The van der Waals surface area contributed by atoms with Crippen molar-refractivity contribution >= 4 is 22.7 Å². The number of anilines is 1. The maximum absolute atomic E-state index is 10.6. The lowest BCUT2D eigenvalue weighted by Gasteiger charge is -1.90. The van der Waals surface area contributed by atoms with Gasteiger partial charge in [0.25, 0.3) is 0 Å². The predicted molar refractivity (Wildman–Crippen MR) is 47.5 cm³/mol. The SMILES string of the molecule is Nc1cnc2cc(C(=O)O)[nH]c2c1. The molecule has 13 heavy (non-hydrogen) atoms. The summed E-state index contributed by atoms with van der Waals surface area (Å²) in [5.41, 5.74) is 7.34. The highest BCUT2D eigenvalue weighted by Crippen LogP contribution is 2.14. The number of carboxylic acids is 1. The highest BCUT2D eigenvalue weighted by Gasteiger charge is 2.07. The molecular weight excluding hydrogens is 170 g/mol. The number of H-pyrrole nitrogens is 1. The van der Waals surface area contributed by atoms with Gasteiger partial charge in [-0.05, 0) is 12.1 Å². The molecule has 2 heterocycles. The van der Waals surface area contributed by atoms with Crippen molar-refractivity contribution in [2.75, 3.05) is 5.73 Å². The van der Waals surface area contributed by atoms with E-state index in [9.17, 15) is 4.79 Å². The third kappa shape index (κ3) is 1.20. The van der Waals surface area contributed by atoms with Gasteiger partial charge >= 0.3 is 5.97 Å². The van der Waals surface area contributed by atoms with Crippen molar-refractivity contribution in [1.29, 1.82) is 0 Å². The fourth-order valence-corrected chi connectivity index (χ4v) is 1.14. The van der Waals surface area contributed by atoms with Crippen molar-refractivity contribution in [3.05, 3.63) is 24.0 Å². The second-order valence-corrected chi connectivity index (χ2v) is 2.69. The highest BCUT2D eigenvalue weighted by atomic mass is 16.4. The first-order chi connectivity index (χ1) is 6.16. The minimum absolute atomic E-state index is 0.119. The Hall–Kier alpha value is -2.04. The molecule has 2 aromatic rings. The van der Waals surface area contributed by atoms with Crippen LogP contribution in [0, 0.1) is 0 Å². The molecule has 0 aliphatic carbocycles. The largest absolute Gasteiger partial charge is 0.477 e. The molecule has 0 amide bonds. The van der Waals surface area contributed by atoms with Gasteiger partial charge in [0, 0.05) is 0 Å². The van der Waals surface area contributed by atoms with Gasteiger partial charge in [-0.15, -0.1) is 0 Å². The van der Waals surface area contributed by atoms with Crippen LogP contribution in [0.5, 0.6) is 0 Å². The normalized spacial score (nSPS) is 10.5. The number of carboxylic acid groups (broad SMARTS) is 1. The molecule has 0 unspecified atom stereocenters. The average molecular weight is 177 g/mol. The second-order valence-electron chi connectivity index (χ2n) is 2.69. The van der Waals surface area contributed by atoms with E-state index < -0.39 is 5.97 Å². The molecule has 0 saturated carbocycles. The zero-order valence-electron chi connectivity index (χ0n) is 6.61. The smallest absolute Gasteiger partial charge is 0.352 e. The number of nitrogens with two attached hydrogens (primary N) is 1. The van der Waals surface area contributed by atoms with Crippen LogP contribution in [0.15, 0.2) is 18.3 Å². The number of nitrogens with zero attached hydrogens (tertiary/aromatic N) is 1. The predicted octanol–water partition coefficient (Wildman–Crippen LogP) is 0.843. The number of pyridine rings is 1. The molecule has 0 radical (unpaired) electrons. The van der Waals surface area contributed by atoms with Crippen LogP contribution in [-0.4, -0.2) is 21.0 Å². The molecule has 2 aromatic heterocycles. The number of nitrogen functional groups attached to an aromatic ring is 1. The molecular formula is C8H7N3O2. The van der Waals surface area contributed by atoms with Gasteiger partial charge in [0.05, 0.1) is 22.9 Å². The fourth-order valence-electron chi connectivity index (χ4n) is 1.14. The van der Waals surface area contributed by atoms with Crippen LogP contribution in [0.25, 0.3) is 11.0 Å². The highest BCUT2D eigenvalue weighted by molar-refractivity contribution is 5.92. The monoisotopic (exact) mass is 177 g/mol. The van der Waals surface area contributed by atoms with Gasteiger partial charge in [-0.25, -0.2) is 4.79 Å². The van der Waals surface area contributed by atoms with Crippen LogP contribution < -0.4 is 5.73 Å². The van der Waals surface area contributed by atoms with Gasteiger partial charge in [-0.2, -0.15) is 0 Å². The fraction of sp³-hybridized carbons (Fsp3) is 0. The number of aromatic carboxylic acids is 1. The van der Waals surface area contributed by atoms with Crippen molar-refractivity contribution in [2.45, 2.75) is 0 Å². The third-order valence-corrected chi connectivity index (χ3v) is 1.72. The maximum Gasteiger partial charge on any atom is 0.352 e. The molecule has 0 aromatic carbocycles. The molecule has 0 bridgehead atoms. The van der Waals surface area contributed by atoms with Gasteiger partial charge in [-0.3, -0.25) is 4.98 Å². The van der Waals surface area contributed by atoms with Crippen LogP contribution in [-0.2, 0) is 0 Å². The Balaban J connectivity index is 2.68. The molecule has 0 atom stereocenters. The molecule has 5 heteroatoms. The number of hydrogen-bond acceptors (Lipinski definition) is 3. The Bertz CT molecular complexity index is 475. The van der Waals surface area contributed by atoms with Gasteiger partial charge in [-0.1, -0.05) is 0 Å². The van der Waals surface area contributed by atoms with Crippen molar-refractivity contribution in [3.63, 3.8) is 0 Å². The number of fused-ring (bicyclic) bond motifs is 1. The van der Waals surface area contributed by atoms with E-state index >= 15 is 0 Å². The van der Waals surface area contributed by atoms with Crippen LogP contribution in [0.2, 0.25) is 0 Å². The molecule has 66 valence electrons. The molecule has 5 nitrogen and oxygen atoms in total. The number of carbonyl (C=O) groups is 1. The summed E-state index contributed by atoms with van der Waals surface area (Å²) in [4.78, 5) is 17.2. The molecule has 0 aliphatic heterocycles. The minimum atomic E-state index is -1.00. The van der Waals surface area contributed by atoms with Crippen molar-refractivity contribution in [1.82, 2.24) is 9.97 Å². The first-order valence-electron chi connectivity index (χ1n) is 3.64. The zero-order chi connectivity index (χ0) is 9.42. The van der Waals surface area contributed by atoms with E-state index in [-0.39, 0.29) is 5.69 Å². The van der Waals surface area contributed by atoms with Crippen molar-refractivity contribution < 1.29 is 9.90 Å². The van der Waals surface area contributed by atoms with E-state index in [1.54, 1.807) is 6.07 Å². The number of aromatic nitrogens is 2. The van der Waals surface area contributed by atoms with Gasteiger partial charge in [0.1, 0.15) is 5.69 Å². The lowest BCUT2D eigenvalue weighted by atomic mass is 10.3. The van der Waals surface area contributed by atoms with Crippen molar-refractivity contribution in [3.8, 4) is 0 Å². The summed E-state index contributed by atoms with van der Waals surface area (Å²) in [6.45, 7) is 0. The van der Waals surface area contributed by atoms with Gasteiger partial charge < -0.3 is 15.8 Å². The Morgan fingerprint density at radius 1 is 1.54 bits per heavy atom. The number of nitrogens with one attached hydrogen (secondary N) is 1. The van der Waals surface area contributed by atoms with Crippen LogP contribution >= 0.6 is 0 Å². The van der Waals surface area contributed by atoms with Crippen LogP contribution in [0.3, 0.4) is 0 Å². The zero-order valence-corrected chi connectivity index (χ0v) is 6.61. The first-order valence-corrected chi connectivity index (χ1v) is 3.64. The summed E-state index contributed by atoms with van der Waals surface area (Å²) < 4.78 is 0. The van der Waals surface area contributed by atoms with E-state index in [1.165, 1.54) is 12.3 Å². The number of rotatable bonds is 1. The molecule has 0 fully saturated rings. The topological polar surface area (TPSA) is 92.0 Å². The maximum atomic E-state index is 10.6. The molecule has 4 N–H and O–H groups in total. The summed E-state index contributed by atoms with van der Waals surface area (Å²) in [6.07, 6.45) is 1.49. The van der Waals surface area contributed by atoms with Crippen LogP contribution in [0.1, 0.15) is 10.5 Å². The number of aromatic amines is 1. The van der Waals surface area contributed by atoms with E-state index in [0.29, 0.717) is 16.7 Å². The quantitative estimate of drug-likeness (QED) is 0.601. The Morgan fingerprint density at radius 2 is 2.31 bits per heavy atom. The van der Waals surface area contributed by atoms with E-state index in [0.717, 1.165) is 0 Å². The third-order valence-electron chi connectivity index (χ3n) is 1.72. The summed E-state index contributed by atoms with van der Waals surface area (Å²) in [7, 11) is 0. The Morgan fingerprint density at radius 3 is 3.00 bits per heavy atom. The molecule has 0 spiro atoms. The summed E-state index contributed by atoms with van der Waals surface area (Å²) in [5, 5.41) is 8.66. The summed E-state index contributed by atoms with van der Waals surface area (Å²) >= 11 is 0. The average Bonchev–Trinajstić information content (AvgIpc) is 2.46. The number of hydrogen-bond donors (Lipinski definition) is 3. The summed E-state index contributed by atoms with van der Waals surface area (Å²) in [6, 6.07) is 3.12. The second kappa shape index (κ2) is 2.48. The Labute approximate surface area is 73.2 Å². The first kappa shape index (κ1) is 7.60. The minimum Gasteiger partial charge on any atom is -0.477 e. The van der Waals surface area contributed by atoms with E-state index in [1.807, 2.05) is 0 Å². The molecule has 2 rings (SSSR count). The van der Waals surface area contributed by atoms with E-state index in [2.05, 4.69) is 9.97 Å². The lowest BCUT2D eigenvalue weighted by molar-refractivity contribution is 0.0691. The van der Waals surface area contributed by atoms with E-state index in [4.69, 9.17) is 10.8 Å². The van der Waals surface area contributed by atoms with Crippen molar-refractivity contribution in [2.24, 2.45) is 0 Å². The standard InChI is InChI=1S/C8H7N3O2/c9-4-1-6-5(10-3-4)2-7(11-6)8(12)13/h1-3,11H,9H2,(H,12,13). The summed E-state index contributed by atoms with van der Waals surface area (Å²) in [5.74, 6) is -1.00. The van der Waals surface area contributed by atoms with Gasteiger partial charge in [0.2, 0.25) is 0 Å². The Kier molecular flexibility index (Phi) is 1.45.